The van der Waals surface area contributed by atoms with Gasteiger partial charge in [0.2, 0.25) is 0 Å². The summed E-state index contributed by atoms with van der Waals surface area (Å²) in [4.78, 5) is 11.4. The molecule has 0 unspecified atom stereocenters. The van der Waals surface area contributed by atoms with Gasteiger partial charge in [-0.15, -0.1) is 0 Å². The number of rotatable bonds is 5. The molecule has 0 radical (unpaired) electrons. The summed E-state index contributed by atoms with van der Waals surface area (Å²) >= 11 is 0. The van der Waals surface area contributed by atoms with Crippen LogP contribution in [0.2, 0.25) is 0 Å². The van der Waals surface area contributed by atoms with Gasteiger partial charge < -0.3 is 15.8 Å². The van der Waals surface area contributed by atoms with Crippen LogP contribution < -0.4 is 15.8 Å². The van der Waals surface area contributed by atoms with Gasteiger partial charge in [-0.05, 0) is 31.9 Å². The predicted molar refractivity (Wildman–Crippen MR) is 68.2 cm³/mol. The highest BCUT2D eigenvalue weighted by Crippen LogP contribution is 2.24. The van der Waals surface area contributed by atoms with Crippen molar-refractivity contribution in [2.24, 2.45) is 5.73 Å². The molecule has 4 heteroatoms. The number of hydrogen-bond donors (Lipinski definition) is 2. The second-order valence-corrected chi connectivity index (χ2v) is 4.16. The number of ether oxygens (including phenoxy) is 1. The fraction of sp³-hybridized carbons (Fsp3) is 0.462. The van der Waals surface area contributed by atoms with Gasteiger partial charge in [0, 0.05) is 13.1 Å². The van der Waals surface area contributed by atoms with Crippen LogP contribution in [-0.2, 0) is 4.79 Å². The summed E-state index contributed by atoms with van der Waals surface area (Å²) in [6, 6.07) is 4.08. The Morgan fingerprint density at radius 3 is 2.41 bits per heavy atom. The molecule has 94 valence electrons. The number of aryl methyl sites for hydroxylation is 3. The molecular formula is C13H20N2O2. The first-order valence-corrected chi connectivity index (χ1v) is 5.72. The molecule has 0 spiro atoms. The smallest absolute Gasteiger partial charge is 0.257 e. The van der Waals surface area contributed by atoms with Crippen molar-refractivity contribution in [1.29, 1.82) is 0 Å². The van der Waals surface area contributed by atoms with Gasteiger partial charge in [0.1, 0.15) is 5.75 Å². The fourth-order valence-corrected chi connectivity index (χ4v) is 1.79. The molecule has 0 fully saturated rings. The molecule has 0 aromatic heterocycles. The Hall–Kier alpha value is -1.55. The number of benzene rings is 1. The number of nitrogens with one attached hydrogen (secondary N) is 1. The minimum Gasteiger partial charge on any atom is -0.483 e. The van der Waals surface area contributed by atoms with Crippen molar-refractivity contribution in [3.8, 4) is 5.75 Å². The molecular weight excluding hydrogens is 216 g/mol. The molecule has 4 nitrogen and oxygen atoms in total. The SMILES string of the molecule is Cc1cc(C)c(OCC(=O)NCCN)c(C)c1. The molecule has 1 amide bonds. The Balaban J connectivity index is 2.60. The highest BCUT2D eigenvalue weighted by atomic mass is 16.5. The summed E-state index contributed by atoms with van der Waals surface area (Å²) in [5, 5.41) is 2.66. The van der Waals surface area contributed by atoms with Crippen molar-refractivity contribution in [3.63, 3.8) is 0 Å². The highest BCUT2D eigenvalue weighted by molar-refractivity contribution is 5.77. The summed E-state index contributed by atoms with van der Waals surface area (Å²) in [5.74, 6) is 0.647. The Morgan fingerprint density at radius 2 is 1.88 bits per heavy atom. The van der Waals surface area contributed by atoms with Crippen LogP contribution in [-0.4, -0.2) is 25.6 Å². The molecule has 1 rings (SSSR count). The van der Waals surface area contributed by atoms with E-state index in [0.717, 1.165) is 16.9 Å². The van der Waals surface area contributed by atoms with E-state index in [1.807, 2.05) is 32.9 Å². The maximum absolute atomic E-state index is 11.4. The summed E-state index contributed by atoms with van der Waals surface area (Å²) in [6.45, 7) is 6.95. The number of nitrogens with two attached hydrogens (primary N) is 1. The van der Waals surface area contributed by atoms with Crippen LogP contribution in [0.1, 0.15) is 16.7 Å². The van der Waals surface area contributed by atoms with Gasteiger partial charge in [-0.3, -0.25) is 4.79 Å². The topological polar surface area (TPSA) is 64.3 Å². The van der Waals surface area contributed by atoms with Crippen molar-refractivity contribution in [2.45, 2.75) is 20.8 Å². The van der Waals surface area contributed by atoms with Crippen LogP contribution in [0.3, 0.4) is 0 Å². The quantitative estimate of drug-likeness (QED) is 0.803. The van der Waals surface area contributed by atoms with Crippen molar-refractivity contribution in [2.75, 3.05) is 19.7 Å². The molecule has 17 heavy (non-hydrogen) atoms. The van der Waals surface area contributed by atoms with E-state index >= 15 is 0 Å². The lowest BCUT2D eigenvalue weighted by molar-refractivity contribution is -0.123. The lowest BCUT2D eigenvalue weighted by atomic mass is 10.1. The molecule has 0 heterocycles. The van der Waals surface area contributed by atoms with E-state index in [4.69, 9.17) is 10.5 Å². The Bertz CT molecular complexity index is 379. The fourth-order valence-electron chi connectivity index (χ4n) is 1.79. The standard InChI is InChI=1S/C13H20N2O2/c1-9-6-10(2)13(11(3)7-9)17-8-12(16)15-5-4-14/h6-7H,4-5,8,14H2,1-3H3,(H,15,16). The van der Waals surface area contributed by atoms with Gasteiger partial charge in [-0.25, -0.2) is 0 Å². The number of carbonyl (C=O) groups excluding carboxylic acids is 1. The van der Waals surface area contributed by atoms with Crippen LogP contribution in [0, 0.1) is 20.8 Å². The molecule has 0 saturated heterocycles. The molecule has 0 saturated carbocycles. The third-order valence-corrected chi connectivity index (χ3v) is 2.42. The average Bonchev–Trinajstić information content (AvgIpc) is 2.24. The van der Waals surface area contributed by atoms with Gasteiger partial charge in [0.05, 0.1) is 0 Å². The summed E-state index contributed by atoms with van der Waals surface area (Å²) in [5.41, 5.74) is 8.59. The van der Waals surface area contributed by atoms with Crippen LogP contribution in [0.15, 0.2) is 12.1 Å². The Morgan fingerprint density at radius 1 is 1.29 bits per heavy atom. The maximum atomic E-state index is 11.4. The number of carbonyl (C=O) groups is 1. The van der Waals surface area contributed by atoms with Crippen LogP contribution in [0.5, 0.6) is 5.75 Å². The maximum Gasteiger partial charge on any atom is 0.257 e. The van der Waals surface area contributed by atoms with Crippen molar-refractivity contribution in [1.82, 2.24) is 5.32 Å². The van der Waals surface area contributed by atoms with Crippen LogP contribution in [0.25, 0.3) is 0 Å². The Kier molecular flexibility index (Phi) is 4.97. The average molecular weight is 236 g/mol. The molecule has 0 bridgehead atoms. The van der Waals surface area contributed by atoms with E-state index < -0.39 is 0 Å². The molecule has 1 aromatic carbocycles. The highest BCUT2D eigenvalue weighted by Gasteiger charge is 2.07. The predicted octanol–water partition coefficient (Wildman–Crippen LogP) is 1.07. The van der Waals surface area contributed by atoms with Crippen LogP contribution >= 0.6 is 0 Å². The van der Waals surface area contributed by atoms with Gasteiger partial charge in [-0.1, -0.05) is 17.7 Å². The van der Waals surface area contributed by atoms with Crippen molar-refractivity contribution < 1.29 is 9.53 Å². The lowest BCUT2D eigenvalue weighted by Crippen LogP contribution is -2.33. The van der Waals surface area contributed by atoms with Gasteiger partial charge in [0.25, 0.3) is 5.91 Å². The lowest BCUT2D eigenvalue weighted by Gasteiger charge is -2.12. The summed E-state index contributed by atoms with van der Waals surface area (Å²) < 4.78 is 5.53. The minimum absolute atomic E-state index is 0.0325. The molecule has 1 aromatic rings. The zero-order chi connectivity index (χ0) is 12.8. The largest absolute Gasteiger partial charge is 0.483 e. The monoisotopic (exact) mass is 236 g/mol. The molecule has 0 aliphatic heterocycles. The van der Waals surface area contributed by atoms with Gasteiger partial charge in [0.15, 0.2) is 6.61 Å². The van der Waals surface area contributed by atoms with Crippen LogP contribution in [0.4, 0.5) is 0 Å². The van der Waals surface area contributed by atoms with E-state index in [1.165, 1.54) is 5.56 Å². The van der Waals surface area contributed by atoms with E-state index in [0.29, 0.717) is 13.1 Å². The number of amides is 1. The normalized spacial score (nSPS) is 10.1. The van der Waals surface area contributed by atoms with Crippen molar-refractivity contribution in [3.05, 3.63) is 28.8 Å². The molecule has 0 atom stereocenters. The minimum atomic E-state index is -0.144. The molecule has 0 aliphatic rings. The van der Waals surface area contributed by atoms with Gasteiger partial charge in [-0.2, -0.15) is 0 Å². The summed E-state index contributed by atoms with van der Waals surface area (Å²) in [6.07, 6.45) is 0. The Labute approximate surface area is 102 Å². The first kappa shape index (κ1) is 13.5. The van der Waals surface area contributed by atoms with E-state index in [2.05, 4.69) is 5.32 Å². The molecule has 0 aliphatic carbocycles. The van der Waals surface area contributed by atoms with Gasteiger partial charge >= 0.3 is 0 Å². The third-order valence-electron chi connectivity index (χ3n) is 2.42. The molecule has 3 N–H and O–H groups in total. The first-order valence-electron chi connectivity index (χ1n) is 5.72. The zero-order valence-corrected chi connectivity index (χ0v) is 10.7. The van der Waals surface area contributed by atoms with E-state index in [1.54, 1.807) is 0 Å². The zero-order valence-electron chi connectivity index (χ0n) is 10.7. The second-order valence-electron chi connectivity index (χ2n) is 4.16. The third kappa shape index (κ3) is 4.07. The summed E-state index contributed by atoms with van der Waals surface area (Å²) in [7, 11) is 0. The van der Waals surface area contributed by atoms with E-state index in [-0.39, 0.29) is 12.5 Å². The number of hydrogen-bond acceptors (Lipinski definition) is 3. The first-order chi connectivity index (χ1) is 8.04. The van der Waals surface area contributed by atoms with Crippen molar-refractivity contribution >= 4 is 5.91 Å². The second kappa shape index (κ2) is 6.25. The van der Waals surface area contributed by atoms with E-state index in [9.17, 15) is 4.79 Å².